The molecule has 8 nitrogen and oxygen atoms in total. The zero-order valence-corrected chi connectivity index (χ0v) is 24.3. The van der Waals surface area contributed by atoms with E-state index in [9.17, 15) is 27.6 Å². The number of primary amides is 1. The van der Waals surface area contributed by atoms with Crippen LogP contribution in [0, 0.1) is 17.5 Å². The third-order valence-electron chi connectivity index (χ3n) is 7.52. The predicted molar refractivity (Wildman–Crippen MR) is 157 cm³/mol. The number of Topliss-reactive ketones (excluding diaryl/α,β-unsaturated/α-hetero) is 1. The van der Waals surface area contributed by atoms with Crippen molar-refractivity contribution in [3.8, 4) is 11.1 Å². The Labute approximate surface area is 252 Å². The third-order valence-corrected chi connectivity index (χ3v) is 7.52. The molecule has 1 aliphatic carbocycles. The summed E-state index contributed by atoms with van der Waals surface area (Å²) in [6.45, 7) is 3.74. The number of hydrogen-bond donors (Lipinski definition) is 2. The fourth-order valence-corrected chi connectivity index (χ4v) is 5.27. The van der Waals surface area contributed by atoms with Crippen molar-refractivity contribution in [2.24, 2.45) is 5.73 Å². The summed E-state index contributed by atoms with van der Waals surface area (Å²) in [5.74, 6) is -4.47. The lowest BCUT2D eigenvalue weighted by Gasteiger charge is -2.20. The number of benzene rings is 2. The van der Waals surface area contributed by atoms with E-state index in [2.05, 4.69) is 15.4 Å². The van der Waals surface area contributed by atoms with Crippen molar-refractivity contribution in [2.45, 2.75) is 64.0 Å². The van der Waals surface area contributed by atoms with Crippen LogP contribution in [-0.2, 0) is 17.8 Å². The molecule has 11 heteroatoms. The molecule has 0 spiro atoms. The van der Waals surface area contributed by atoms with Crippen LogP contribution in [-0.4, -0.2) is 38.4 Å². The van der Waals surface area contributed by atoms with Gasteiger partial charge in [-0.2, -0.15) is 5.10 Å². The summed E-state index contributed by atoms with van der Waals surface area (Å²) < 4.78 is 44.1. The summed E-state index contributed by atoms with van der Waals surface area (Å²) >= 11 is 0. The molecule has 0 radical (unpaired) electrons. The van der Waals surface area contributed by atoms with Gasteiger partial charge in [-0.1, -0.05) is 26.0 Å². The predicted octanol–water partition coefficient (Wildman–Crippen LogP) is 5.46. The molecule has 44 heavy (non-hydrogen) atoms. The van der Waals surface area contributed by atoms with Crippen molar-refractivity contribution >= 4 is 17.6 Å². The van der Waals surface area contributed by atoms with Crippen LogP contribution in [0.5, 0.6) is 0 Å². The van der Waals surface area contributed by atoms with Crippen molar-refractivity contribution in [1.82, 2.24) is 20.1 Å². The lowest BCUT2D eigenvalue weighted by molar-refractivity contribution is -0.120. The van der Waals surface area contributed by atoms with E-state index in [1.54, 1.807) is 18.2 Å². The van der Waals surface area contributed by atoms with Crippen LogP contribution < -0.4 is 11.1 Å². The zero-order chi connectivity index (χ0) is 31.5. The topological polar surface area (TPSA) is 120 Å². The number of aromatic nitrogens is 3. The lowest BCUT2D eigenvalue weighted by atomic mass is 9.86. The highest BCUT2D eigenvalue weighted by Crippen LogP contribution is 2.33. The summed E-state index contributed by atoms with van der Waals surface area (Å²) in [5.41, 5.74) is 7.68. The molecule has 2 aromatic carbocycles. The number of carbonyl (C=O) groups is 3. The molecule has 0 aliphatic heterocycles. The van der Waals surface area contributed by atoms with Gasteiger partial charge in [-0.25, -0.2) is 13.2 Å². The van der Waals surface area contributed by atoms with Crippen LogP contribution in [0.4, 0.5) is 13.2 Å². The number of halogens is 3. The maximum absolute atomic E-state index is 14.3. The first kappa shape index (κ1) is 30.7. The van der Waals surface area contributed by atoms with E-state index in [1.807, 2.05) is 13.8 Å². The number of nitrogens with one attached hydrogen (secondary N) is 1. The van der Waals surface area contributed by atoms with E-state index >= 15 is 0 Å². The molecule has 2 heterocycles. The molecular formula is C33H32F3N5O3. The molecule has 4 aromatic rings. The van der Waals surface area contributed by atoms with Gasteiger partial charge < -0.3 is 11.1 Å². The highest BCUT2D eigenvalue weighted by Gasteiger charge is 2.27. The van der Waals surface area contributed by atoms with Crippen LogP contribution >= 0.6 is 0 Å². The average molecular weight is 604 g/mol. The number of ketones is 1. The van der Waals surface area contributed by atoms with E-state index in [-0.39, 0.29) is 54.3 Å². The number of nitrogens with two attached hydrogens (primary N) is 1. The second-order valence-corrected chi connectivity index (χ2v) is 11.4. The Balaban J connectivity index is 1.49. The first-order valence-corrected chi connectivity index (χ1v) is 14.4. The Morgan fingerprint density at radius 1 is 1.02 bits per heavy atom. The minimum atomic E-state index is -0.942. The number of hydrogen-bond acceptors (Lipinski definition) is 5. The molecule has 3 N–H and O–H groups in total. The first-order valence-electron chi connectivity index (χ1n) is 14.4. The Morgan fingerprint density at radius 3 is 2.41 bits per heavy atom. The highest BCUT2D eigenvalue weighted by molar-refractivity contribution is 5.94. The Hall–Kier alpha value is -4.80. The summed E-state index contributed by atoms with van der Waals surface area (Å²) in [5, 5.41) is 7.34. The second kappa shape index (κ2) is 12.8. The van der Waals surface area contributed by atoms with Gasteiger partial charge in [0, 0.05) is 41.9 Å². The van der Waals surface area contributed by atoms with E-state index in [1.165, 1.54) is 35.1 Å². The van der Waals surface area contributed by atoms with Gasteiger partial charge in [0.1, 0.15) is 23.1 Å². The van der Waals surface area contributed by atoms with Crippen molar-refractivity contribution in [2.75, 3.05) is 0 Å². The molecule has 0 saturated heterocycles. The molecule has 1 atom stereocenters. The number of rotatable bonds is 12. The SMILES string of the molecule is CC(C)c1cc(C(=O)NC2CC2)nn1CC(=O)C[C@@H](Cc1cc(F)cc(F)c1)c1ncccc1-c1ccc(F)c(C(N)=O)c1. The van der Waals surface area contributed by atoms with Gasteiger partial charge in [0.15, 0.2) is 5.78 Å². The van der Waals surface area contributed by atoms with E-state index in [0.29, 0.717) is 28.1 Å². The number of pyridine rings is 1. The first-order chi connectivity index (χ1) is 21.0. The van der Waals surface area contributed by atoms with Gasteiger partial charge in [0.05, 0.1) is 17.8 Å². The lowest BCUT2D eigenvalue weighted by Crippen LogP contribution is -2.26. The fraction of sp³-hybridized carbons (Fsp3) is 0.303. The van der Waals surface area contributed by atoms with E-state index < -0.39 is 29.3 Å². The van der Waals surface area contributed by atoms with Crippen LogP contribution in [0.3, 0.4) is 0 Å². The molecule has 228 valence electrons. The molecule has 0 bridgehead atoms. The third kappa shape index (κ3) is 7.21. The van der Waals surface area contributed by atoms with Gasteiger partial charge in [0.25, 0.3) is 11.8 Å². The molecule has 1 aliphatic rings. The molecule has 2 aromatic heterocycles. The van der Waals surface area contributed by atoms with E-state index in [4.69, 9.17) is 5.73 Å². The van der Waals surface area contributed by atoms with Gasteiger partial charge >= 0.3 is 0 Å². The number of amides is 2. The van der Waals surface area contributed by atoms with Gasteiger partial charge in [-0.05, 0) is 72.7 Å². The molecule has 2 amide bonds. The van der Waals surface area contributed by atoms with Crippen LogP contribution in [0.15, 0.2) is 60.8 Å². The van der Waals surface area contributed by atoms with Crippen molar-refractivity contribution in [3.63, 3.8) is 0 Å². The quantitative estimate of drug-likeness (QED) is 0.223. The van der Waals surface area contributed by atoms with E-state index in [0.717, 1.165) is 25.0 Å². The summed E-state index contributed by atoms with van der Waals surface area (Å²) in [6, 6.07) is 12.3. The Bertz CT molecular complexity index is 1710. The van der Waals surface area contributed by atoms with Gasteiger partial charge in [0.2, 0.25) is 0 Å². The van der Waals surface area contributed by atoms with Crippen molar-refractivity contribution < 1.29 is 27.6 Å². The molecule has 1 saturated carbocycles. The highest BCUT2D eigenvalue weighted by atomic mass is 19.1. The average Bonchev–Trinajstić information content (AvgIpc) is 3.67. The van der Waals surface area contributed by atoms with Crippen LogP contribution in [0.2, 0.25) is 0 Å². The minimum absolute atomic E-state index is 0.0239. The summed E-state index contributed by atoms with van der Waals surface area (Å²) in [4.78, 5) is 42.7. The maximum Gasteiger partial charge on any atom is 0.272 e. The van der Waals surface area contributed by atoms with Crippen molar-refractivity contribution in [3.05, 3.63) is 106 Å². The molecule has 5 rings (SSSR count). The normalized spacial score (nSPS) is 13.6. The molecule has 1 fully saturated rings. The summed E-state index contributed by atoms with van der Waals surface area (Å²) in [6.07, 6.45) is 3.34. The number of nitrogens with zero attached hydrogens (tertiary/aromatic N) is 3. The maximum atomic E-state index is 14.3. The molecule has 0 unspecified atom stereocenters. The minimum Gasteiger partial charge on any atom is -0.366 e. The Morgan fingerprint density at radius 2 is 1.75 bits per heavy atom. The van der Waals surface area contributed by atoms with Gasteiger partial charge in [-0.15, -0.1) is 0 Å². The second-order valence-electron chi connectivity index (χ2n) is 11.4. The smallest absolute Gasteiger partial charge is 0.272 e. The zero-order valence-electron chi connectivity index (χ0n) is 24.3. The largest absolute Gasteiger partial charge is 0.366 e. The van der Waals surface area contributed by atoms with Crippen LogP contribution in [0.25, 0.3) is 11.1 Å². The summed E-state index contributed by atoms with van der Waals surface area (Å²) in [7, 11) is 0. The van der Waals surface area contributed by atoms with Crippen molar-refractivity contribution in [1.29, 1.82) is 0 Å². The molecular weight excluding hydrogens is 571 g/mol. The van der Waals surface area contributed by atoms with Gasteiger partial charge in [-0.3, -0.25) is 24.0 Å². The van der Waals surface area contributed by atoms with Crippen LogP contribution in [0.1, 0.15) is 82.7 Å². The standard InChI is InChI=1S/C33H32F3N5O3/c1-18(2)30-16-29(33(44)39-24-6-7-24)40-41(30)17-25(42)13-21(10-19-11-22(34)15-23(35)12-19)31-26(4-3-9-38-31)20-5-8-28(36)27(14-20)32(37)43/h3-5,8-9,11-12,14-16,18,21,24H,6-7,10,13,17H2,1-2H3,(H2,37,43)(H,39,44)/t21-/m1/s1. The monoisotopic (exact) mass is 603 g/mol. The Kier molecular flexibility index (Phi) is 8.93. The number of carbonyl (C=O) groups excluding carboxylic acids is 3. The fourth-order valence-electron chi connectivity index (χ4n) is 5.27.